The van der Waals surface area contributed by atoms with Crippen LogP contribution in [0.1, 0.15) is 28.9 Å². The molecule has 64 valence electrons. The van der Waals surface area contributed by atoms with Crippen LogP contribution in [0.25, 0.3) is 0 Å². The Hall–Kier alpha value is -0.880. The maximum atomic E-state index is 8.51. The Balaban J connectivity index is 2.79. The van der Waals surface area contributed by atoms with Gasteiger partial charge < -0.3 is 0 Å². The summed E-state index contributed by atoms with van der Waals surface area (Å²) < 4.78 is 0. The second-order valence-corrected chi connectivity index (χ2v) is 3.87. The lowest BCUT2D eigenvalue weighted by Gasteiger charge is -1.85. The summed E-state index contributed by atoms with van der Waals surface area (Å²) in [6.45, 7) is 4.11. The molecule has 0 aliphatic carbocycles. The van der Waals surface area contributed by atoms with Gasteiger partial charge in [-0.15, -0.1) is 11.3 Å². The van der Waals surface area contributed by atoms with Gasteiger partial charge in [0.05, 0.1) is 23.2 Å². The second-order valence-electron chi connectivity index (χ2n) is 2.70. The van der Waals surface area contributed by atoms with Crippen LogP contribution in [-0.2, 0) is 12.8 Å². The zero-order valence-electron chi connectivity index (χ0n) is 7.42. The normalized spacial score (nSPS) is 9.75. The Morgan fingerprint density at radius 1 is 1.58 bits per heavy atom. The van der Waals surface area contributed by atoms with Gasteiger partial charge in [-0.3, -0.25) is 0 Å². The molecule has 3 heteroatoms. The number of aromatic nitrogens is 1. The maximum Gasteiger partial charge on any atom is 0.0931 e. The van der Waals surface area contributed by atoms with E-state index in [0.29, 0.717) is 6.42 Å². The van der Waals surface area contributed by atoms with Crippen LogP contribution in [0, 0.1) is 18.3 Å². The smallest absolute Gasteiger partial charge is 0.0931 e. The van der Waals surface area contributed by atoms with Gasteiger partial charge in [-0.1, -0.05) is 6.92 Å². The Morgan fingerprint density at radius 3 is 2.92 bits per heavy atom. The van der Waals surface area contributed by atoms with Crippen molar-refractivity contribution in [3.63, 3.8) is 0 Å². The van der Waals surface area contributed by atoms with Crippen LogP contribution in [0.15, 0.2) is 0 Å². The molecule has 0 N–H and O–H groups in total. The van der Waals surface area contributed by atoms with Crippen LogP contribution in [0.2, 0.25) is 0 Å². The maximum absolute atomic E-state index is 8.51. The SMILES string of the molecule is CCCc1nc(C)c(CC#N)s1. The Labute approximate surface area is 76.9 Å². The first-order chi connectivity index (χ1) is 5.77. The van der Waals surface area contributed by atoms with E-state index in [4.69, 9.17) is 5.26 Å². The standard InChI is InChI=1S/C9H12N2S/c1-3-4-9-11-7(2)8(12-9)5-6-10/h3-5H2,1-2H3. The molecule has 1 rings (SSSR count). The highest BCUT2D eigenvalue weighted by Gasteiger charge is 2.05. The summed E-state index contributed by atoms with van der Waals surface area (Å²) in [5.74, 6) is 0. The van der Waals surface area contributed by atoms with Crippen molar-refractivity contribution >= 4 is 11.3 Å². The first kappa shape index (κ1) is 9.21. The van der Waals surface area contributed by atoms with Crippen LogP contribution < -0.4 is 0 Å². The Kier molecular flexibility index (Phi) is 3.24. The highest BCUT2D eigenvalue weighted by atomic mass is 32.1. The number of aryl methyl sites for hydroxylation is 2. The number of rotatable bonds is 3. The first-order valence-electron chi connectivity index (χ1n) is 4.10. The van der Waals surface area contributed by atoms with Gasteiger partial charge in [0.25, 0.3) is 0 Å². The molecule has 0 saturated carbocycles. The van der Waals surface area contributed by atoms with Crippen molar-refractivity contribution < 1.29 is 0 Å². The molecule has 0 aliphatic heterocycles. The van der Waals surface area contributed by atoms with E-state index in [2.05, 4.69) is 18.0 Å². The molecule has 1 heterocycles. The molecule has 0 bridgehead atoms. The summed E-state index contributed by atoms with van der Waals surface area (Å²) in [5.41, 5.74) is 1.03. The third-order valence-electron chi connectivity index (χ3n) is 1.64. The summed E-state index contributed by atoms with van der Waals surface area (Å²) in [6.07, 6.45) is 2.67. The molecule has 12 heavy (non-hydrogen) atoms. The fraction of sp³-hybridized carbons (Fsp3) is 0.556. The predicted octanol–water partition coefficient (Wildman–Crippen LogP) is 2.47. The summed E-state index contributed by atoms with van der Waals surface area (Å²) in [4.78, 5) is 5.51. The van der Waals surface area contributed by atoms with E-state index in [1.807, 2.05) is 6.92 Å². The van der Waals surface area contributed by atoms with Crippen LogP contribution in [0.5, 0.6) is 0 Å². The zero-order valence-corrected chi connectivity index (χ0v) is 8.24. The minimum absolute atomic E-state index is 0.507. The van der Waals surface area contributed by atoms with Crippen molar-refractivity contribution in [1.29, 1.82) is 5.26 Å². The van der Waals surface area contributed by atoms with Crippen LogP contribution in [0.4, 0.5) is 0 Å². The minimum Gasteiger partial charge on any atom is -0.246 e. The van der Waals surface area contributed by atoms with E-state index in [1.54, 1.807) is 11.3 Å². The van der Waals surface area contributed by atoms with Gasteiger partial charge in [0.1, 0.15) is 0 Å². The molecule has 0 spiro atoms. The van der Waals surface area contributed by atoms with E-state index in [0.717, 1.165) is 23.4 Å². The summed E-state index contributed by atoms with van der Waals surface area (Å²) in [7, 11) is 0. The molecule has 0 saturated heterocycles. The average Bonchev–Trinajstić information content (AvgIpc) is 2.34. The molecule has 0 amide bonds. The van der Waals surface area contributed by atoms with Crippen LogP contribution >= 0.6 is 11.3 Å². The van der Waals surface area contributed by atoms with Gasteiger partial charge in [0.2, 0.25) is 0 Å². The zero-order chi connectivity index (χ0) is 8.97. The Bertz CT molecular complexity index is 296. The number of thiazole rings is 1. The lowest BCUT2D eigenvalue weighted by molar-refractivity contribution is 0.902. The summed E-state index contributed by atoms with van der Waals surface area (Å²) in [6, 6.07) is 2.15. The predicted molar refractivity (Wildman–Crippen MR) is 50.2 cm³/mol. The molecule has 1 aromatic rings. The summed E-state index contributed by atoms with van der Waals surface area (Å²) in [5, 5.41) is 9.68. The fourth-order valence-corrected chi connectivity index (χ4v) is 2.15. The van der Waals surface area contributed by atoms with Crippen molar-refractivity contribution in [2.24, 2.45) is 0 Å². The van der Waals surface area contributed by atoms with Gasteiger partial charge in [-0.05, 0) is 19.8 Å². The molecule has 0 aliphatic rings. The topological polar surface area (TPSA) is 36.7 Å². The molecule has 0 atom stereocenters. The molecule has 0 fully saturated rings. The number of hydrogen-bond acceptors (Lipinski definition) is 3. The molecular weight excluding hydrogens is 168 g/mol. The van der Waals surface area contributed by atoms with E-state index in [9.17, 15) is 0 Å². The fourth-order valence-electron chi connectivity index (χ4n) is 1.04. The largest absolute Gasteiger partial charge is 0.246 e. The average molecular weight is 180 g/mol. The second kappa shape index (κ2) is 4.22. The van der Waals surface area contributed by atoms with Gasteiger partial charge >= 0.3 is 0 Å². The minimum atomic E-state index is 0.507. The molecular formula is C9H12N2S. The van der Waals surface area contributed by atoms with Gasteiger partial charge in [-0.2, -0.15) is 5.26 Å². The number of nitriles is 1. The number of nitrogens with zero attached hydrogens (tertiary/aromatic N) is 2. The molecule has 2 nitrogen and oxygen atoms in total. The number of hydrogen-bond donors (Lipinski definition) is 0. The molecule has 1 aromatic heterocycles. The highest BCUT2D eigenvalue weighted by molar-refractivity contribution is 7.11. The van der Waals surface area contributed by atoms with Crippen molar-refractivity contribution in [3.8, 4) is 6.07 Å². The molecule has 0 radical (unpaired) electrons. The quantitative estimate of drug-likeness (QED) is 0.716. The lowest BCUT2D eigenvalue weighted by atomic mass is 10.3. The Morgan fingerprint density at radius 2 is 2.33 bits per heavy atom. The van der Waals surface area contributed by atoms with Gasteiger partial charge in [0.15, 0.2) is 0 Å². The monoisotopic (exact) mass is 180 g/mol. The van der Waals surface area contributed by atoms with E-state index in [-0.39, 0.29) is 0 Å². The van der Waals surface area contributed by atoms with Gasteiger partial charge in [0, 0.05) is 4.88 Å². The van der Waals surface area contributed by atoms with Crippen molar-refractivity contribution in [2.75, 3.05) is 0 Å². The molecule has 0 unspecified atom stereocenters. The first-order valence-corrected chi connectivity index (χ1v) is 4.91. The molecule has 0 aromatic carbocycles. The summed E-state index contributed by atoms with van der Waals surface area (Å²) >= 11 is 1.68. The lowest BCUT2D eigenvalue weighted by Crippen LogP contribution is -1.81. The highest BCUT2D eigenvalue weighted by Crippen LogP contribution is 2.19. The third-order valence-corrected chi connectivity index (χ3v) is 2.86. The van der Waals surface area contributed by atoms with E-state index >= 15 is 0 Å². The van der Waals surface area contributed by atoms with E-state index < -0.39 is 0 Å². The third kappa shape index (κ3) is 2.05. The van der Waals surface area contributed by atoms with Crippen molar-refractivity contribution in [3.05, 3.63) is 15.6 Å². The van der Waals surface area contributed by atoms with E-state index in [1.165, 1.54) is 5.01 Å². The van der Waals surface area contributed by atoms with Crippen LogP contribution in [-0.4, -0.2) is 4.98 Å². The van der Waals surface area contributed by atoms with Gasteiger partial charge in [-0.25, -0.2) is 4.98 Å². The van der Waals surface area contributed by atoms with Crippen molar-refractivity contribution in [1.82, 2.24) is 4.98 Å². The van der Waals surface area contributed by atoms with Crippen LogP contribution in [0.3, 0.4) is 0 Å². The van der Waals surface area contributed by atoms with Crippen molar-refractivity contribution in [2.45, 2.75) is 33.1 Å².